The van der Waals surface area contributed by atoms with Gasteiger partial charge in [-0.25, -0.2) is 13.2 Å². The van der Waals surface area contributed by atoms with Gasteiger partial charge in [0.1, 0.15) is 16.7 Å². The molecule has 3 aromatic rings. The normalized spacial score (nSPS) is 18.9. The highest BCUT2D eigenvalue weighted by molar-refractivity contribution is 7.85. The lowest BCUT2D eigenvalue weighted by Crippen LogP contribution is -2.45. The number of aryl methyl sites for hydroxylation is 3. The summed E-state index contributed by atoms with van der Waals surface area (Å²) in [6.45, 7) is 8.23. The molecule has 2 heterocycles. The lowest BCUT2D eigenvalue weighted by atomic mass is 10.1. The van der Waals surface area contributed by atoms with Crippen molar-refractivity contribution in [3.63, 3.8) is 0 Å². The second kappa shape index (κ2) is 13.9. The van der Waals surface area contributed by atoms with Gasteiger partial charge in [-0.05, 0) is 64.5 Å². The Morgan fingerprint density at radius 3 is 2.00 bits per heavy atom. The topological polar surface area (TPSA) is 101 Å². The molecule has 1 atom stereocenters. The van der Waals surface area contributed by atoms with Crippen LogP contribution in [0.15, 0.2) is 75.3 Å². The molecule has 9 heteroatoms. The number of quaternary nitrogens is 1. The van der Waals surface area contributed by atoms with Crippen LogP contribution in [0, 0.1) is 13.8 Å². The number of benzene rings is 2. The van der Waals surface area contributed by atoms with Gasteiger partial charge >= 0.3 is 5.69 Å². The molecule has 0 aliphatic carbocycles. The minimum absolute atomic E-state index is 0.127. The van der Waals surface area contributed by atoms with Gasteiger partial charge in [0, 0.05) is 30.4 Å². The molecule has 0 fully saturated rings. The fourth-order valence-corrected chi connectivity index (χ4v) is 5.52. The second-order valence-electron chi connectivity index (χ2n) is 10.8. The van der Waals surface area contributed by atoms with Crippen molar-refractivity contribution in [2.75, 3.05) is 20.1 Å². The second-order valence-corrected chi connectivity index (χ2v) is 12.2. The van der Waals surface area contributed by atoms with Gasteiger partial charge in [0.15, 0.2) is 0 Å². The van der Waals surface area contributed by atoms with Gasteiger partial charge in [-0.15, -0.1) is 0 Å². The standard InChI is InChI=1S/C23H34N3O2.C7H8O3S/c1-20-18-24-14-8-4-10-16-26(2,19-21-12-6-3-7-13-21)17-11-5-9-15-25(22(20)27)23(24)28;1-6-2-4-7(5-3-6)11(8,9)10/h3,6-7,12-13,18H,4-5,8-11,14-17,19H2,1-2H3;2-5H,1H3,(H,8,9,10)/q+1;/p-1. The van der Waals surface area contributed by atoms with Gasteiger partial charge in [0.05, 0.1) is 25.0 Å². The molecule has 2 bridgehead atoms. The Balaban J connectivity index is 0.000000320. The maximum Gasteiger partial charge on any atom is 0.330 e. The van der Waals surface area contributed by atoms with Crippen molar-refractivity contribution >= 4 is 10.1 Å². The van der Waals surface area contributed by atoms with E-state index in [-0.39, 0.29) is 16.1 Å². The van der Waals surface area contributed by atoms with E-state index in [4.69, 9.17) is 0 Å². The fraction of sp³-hybridized carbons (Fsp3) is 0.467. The van der Waals surface area contributed by atoms with Crippen LogP contribution in [0.4, 0.5) is 0 Å². The van der Waals surface area contributed by atoms with Crippen molar-refractivity contribution in [1.29, 1.82) is 0 Å². The first-order valence-electron chi connectivity index (χ1n) is 13.7. The molecule has 0 saturated heterocycles. The van der Waals surface area contributed by atoms with Crippen LogP contribution in [0.3, 0.4) is 0 Å². The molecule has 0 N–H and O–H groups in total. The number of fused-ring (bicyclic) bond motifs is 2. The quantitative estimate of drug-likeness (QED) is 0.356. The van der Waals surface area contributed by atoms with Crippen molar-refractivity contribution in [3.05, 3.63) is 98.3 Å². The summed E-state index contributed by atoms with van der Waals surface area (Å²) < 4.78 is 35.4. The Hall–Kier alpha value is -3.01. The lowest BCUT2D eigenvalue weighted by molar-refractivity contribution is -0.923. The summed E-state index contributed by atoms with van der Waals surface area (Å²) in [5.41, 5.74) is 2.72. The third kappa shape index (κ3) is 9.30. The molecule has 0 spiro atoms. The average molecular weight is 556 g/mol. The molecular weight excluding hydrogens is 514 g/mol. The Morgan fingerprint density at radius 1 is 0.821 bits per heavy atom. The average Bonchev–Trinajstić information content (AvgIpc) is 2.88. The first-order valence-corrected chi connectivity index (χ1v) is 15.1. The third-order valence-electron chi connectivity index (χ3n) is 7.30. The number of rotatable bonds is 3. The van der Waals surface area contributed by atoms with Gasteiger partial charge in [-0.2, -0.15) is 0 Å². The number of hydrogen-bond acceptors (Lipinski definition) is 5. The summed E-state index contributed by atoms with van der Waals surface area (Å²) >= 11 is 0. The Bertz CT molecular complexity index is 1430. The summed E-state index contributed by atoms with van der Waals surface area (Å²) in [5, 5.41) is 0. The summed E-state index contributed by atoms with van der Waals surface area (Å²) in [6, 6.07) is 16.6. The van der Waals surface area contributed by atoms with E-state index >= 15 is 0 Å². The molecule has 1 aliphatic heterocycles. The lowest BCUT2D eigenvalue weighted by Gasteiger charge is -2.35. The Morgan fingerprint density at radius 2 is 1.41 bits per heavy atom. The van der Waals surface area contributed by atoms with Crippen molar-refractivity contribution in [2.24, 2.45) is 0 Å². The molecule has 4 rings (SSSR count). The number of aromatic nitrogens is 2. The van der Waals surface area contributed by atoms with E-state index in [1.807, 2.05) is 13.8 Å². The predicted octanol–water partition coefficient (Wildman–Crippen LogP) is 4.22. The molecule has 1 unspecified atom stereocenters. The van der Waals surface area contributed by atoms with Gasteiger partial charge in [-0.1, -0.05) is 48.0 Å². The van der Waals surface area contributed by atoms with Crippen molar-refractivity contribution in [2.45, 2.75) is 76.9 Å². The van der Waals surface area contributed by atoms with Crippen LogP contribution in [-0.2, 0) is 29.8 Å². The smallest absolute Gasteiger partial charge is 0.330 e. The van der Waals surface area contributed by atoms with E-state index in [1.165, 1.54) is 28.8 Å². The largest absolute Gasteiger partial charge is 0.744 e. The van der Waals surface area contributed by atoms with Gasteiger partial charge in [0.2, 0.25) is 0 Å². The van der Waals surface area contributed by atoms with Crippen LogP contribution in [0.5, 0.6) is 0 Å². The molecule has 0 radical (unpaired) electrons. The molecule has 8 nitrogen and oxygen atoms in total. The van der Waals surface area contributed by atoms with Crippen molar-refractivity contribution < 1.29 is 17.5 Å². The zero-order chi connectivity index (χ0) is 28.5. The van der Waals surface area contributed by atoms with E-state index < -0.39 is 10.1 Å². The maximum atomic E-state index is 12.6. The molecule has 0 saturated carbocycles. The highest BCUT2D eigenvalue weighted by Crippen LogP contribution is 2.17. The minimum Gasteiger partial charge on any atom is -0.744 e. The summed E-state index contributed by atoms with van der Waals surface area (Å²) in [5.74, 6) is 0. The molecule has 1 aromatic heterocycles. The summed E-state index contributed by atoms with van der Waals surface area (Å²) in [6.07, 6.45) is 8.03. The number of hydrogen-bond donors (Lipinski definition) is 0. The molecule has 0 amide bonds. The molecule has 2 aromatic carbocycles. The van der Waals surface area contributed by atoms with Crippen LogP contribution in [0.1, 0.15) is 55.2 Å². The van der Waals surface area contributed by atoms with E-state index in [9.17, 15) is 22.6 Å². The van der Waals surface area contributed by atoms with Crippen LogP contribution < -0.4 is 11.2 Å². The zero-order valence-electron chi connectivity index (χ0n) is 23.3. The molecule has 212 valence electrons. The van der Waals surface area contributed by atoms with E-state index in [0.717, 1.165) is 61.7 Å². The van der Waals surface area contributed by atoms with Crippen molar-refractivity contribution in [3.8, 4) is 0 Å². The van der Waals surface area contributed by atoms with Gasteiger partial charge in [0.25, 0.3) is 5.56 Å². The number of nitrogens with zero attached hydrogens (tertiary/aromatic N) is 3. The van der Waals surface area contributed by atoms with E-state index in [2.05, 4.69) is 37.4 Å². The van der Waals surface area contributed by atoms with Crippen LogP contribution in [-0.4, -0.2) is 46.7 Å². The maximum absolute atomic E-state index is 12.6. The monoisotopic (exact) mass is 555 g/mol. The third-order valence-corrected chi connectivity index (χ3v) is 8.15. The SMILES string of the molecule is Cc1ccc(S(=O)(=O)[O-])cc1.Cc1cn2c(=O)n(c1=O)CCCCC[N+](C)(Cc1ccccc1)CCCCC2. The molecule has 1 aliphatic rings. The van der Waals surface area contributed by atoms with E-state index in [0.29, 0.717) is 18.7 Å². The van der Waals surface area contributed by atoms with Gasteiger partial charge in [-0.3, -0.25) is 9.36 Å². The molecular formula is C30H41N3O5S. The van der Waals surface area contributed by atoms with Crippen LogP contribution >= 0.6 is 0 Å². The fourth-order valence-electron chi connectivity index (χ4n) is 5.05. The van der Waals surface area contributed by atoms with Crippen molar-refractivity contribution in [1.82, 2.24) is 9.13 Å². The van der Waals surface area contributed by atoms with E-state index in [1.54, 1.807) is 22.9 Å². The highest BCUT2D eigenvalue weighted by Gasteiger charge is 2.21. The first-order chi connectivity index (χ1) is 18.5. The Labute approximate surface area is 231 Å². The zero-order valence-corrected chi connectivity index (χ0v) is 24.2. The summed E-state index contributed by atoms with van der Waals surface area (Å²) in [7, 11) is -1.89. The molecule has 39 heavy (non-hydrogen) atoms. The minimum atomic E-state index is -4.27. The van der Waals surface area contributed by atoms with Crippen LogP contribution in [0.2, 0.25) is 0 Å². The predicted molar refractivity (Wildman–Crippen MR) is 153 cm³/mol. The highest BCUT2D eigenvalue weighted by atomic mass is 32.2. The van der Waals surface area contributed by atoms with Crippen LogP contribution in [0.25, 0.3) is 0 Å². The first kappa shape index (κ1) is 30.5. The Kier molecular flexibility index (Phi) is 10.9. The van der Waals surface area contributed by atoms with Gasteiger partial charge < -0.3 is 13.6 Å². The summed E-state index contributed by atoms with van der Waals surface area (Å²) in [4.78, 5) is 24.9.